The molecule has 2 heterocycles. The van der Waals surface area contributed by atoms with Crippen molar-refractivity contribution in [1.82, 2.24) is 10.2 Å². The molecule has 0 aliphatic carbocycles. The third-order valence-electron chi connectivity index (χ3n) is 5.07. The van der Waals surface area contributed by atoms with E-state index in [1.54, 1.807) is 0 Å². The molecule has 1 aliphatic heterocycles. The number of thioether (sulfide) groups is 1. The van der Waals surface area contributed by atoms with E-state index in [1.807, 2.05) is 25.1 Å². The molecule has 2 aromatic rings. The number of nitrogens with zero attached hydrogens (tertiary/aromatic N) is 2. The summed E-state index contributed by atoms with van der Waals surface area (Å²) in [7, 11) is 0. The van der Waals surface area contributed by atoms with Gasteiger partial charge in [0.05, 0.1) is 9.95 Å². The molecule has 1 aliphatic rings. The topological polar surface area (TPSA) is 86.9 Å². The van der Waals surface area contributed by atoms with E-state index in [1.165, 1.54) is 23.1 Å². The smallest absolute Gasteiger partial charge is 0.186 e. The van der Waals surface area contributed by atoms with Gasteiger partial charge in [-0.15, -0.1) is 21.5 Å². The number of phenolic OH excluding ortho intramolecular Hbond substituents is 1. The zero-order valence-corrected chi connectivity index (χ0v) is 20.2. The van der Waals surface area contributed by atoms with E-state index < -0.39 is 5.92 Å². The first-order valence-corrected chi connectivity index (χ1v) is 11.7. The van der Waals surface area contributed by atoms with Crippen molar-refractivity contribution in [2.24, 2.45) is 0 Å². The number of nitrogens with one attached hydrogen (secondary N) is 1. The van der Waals surface area contributed by atoms with Gasteiger partial charge < -0.3 is 5.11 Å². The van der Waals surface area contributed by atoms with E-state index in [0.717, 1.165) is 28.1 Å². The number of hydrogen-bond donors (Lipinski definition) is 2. The highest BCUT2D eigenvalue weighted by atomic mass is 32.2. The molecule has 0 amide bonds. The summed E-state index contributed by atoms with van der Waals surface area (Å²) in [6.07, 6.45) is 2.60. The van der Waals surface area contributed by atoms with Crippen LogP contribution < -0.4 is 0 Å². The zero-order valence-electron chi connectivity index (χ0n) is 18.6. The van der Waals surface area contributed by atoms with Gasteiger partial charge in [0, 0.05) is 11.1 Å². The highest BCUT2D eigenvalue weighted by molar-refractivity contribution is 8.19. The molecule has 1 aromatic carbocycles. The summed E-state index contributed by atoms with van der Waals surface area (Å²) in [6.45, 7) is 14.4. The van der Waals surface area contributed by atoms with E-state index in [0.29, 0.717) is 15.7 Å². The van der Waals surface area contributed by atoms with Crippen molar-refractivity contribution in [2.45, 2.75) is 71.6 Å². The standard InChI is InChI=1S/C23H29N3O2S2/c1-8-16-25-26-21(30-16)17-19(28)15(29-20(17)24)11-12-9-13(22(2,3)4)18(27)14(10-12)23(5,6)7/h9-11,17,24,27H,8H2,1-7H3/b15-11-,24-20?/t17-/m1/s1. The monoisotopic (exact) mass is 443 g/mol. The summed E-state index contributed by atoms with van der Waals surface area (Å²) in [6, 6.07) is 3.89. The van der Waals surface area contributed by atoms with Gasteiger partial charge in [-0.05, 0) is 41.0 Å². The van der Waals surface area contributed by atoms with E-state index in [9.17, 15) is 9.90 Å². The average molecular weight is 444 g/mol. The molecule has 5 nitrogen and oxygen atoms in total. The minimum absolute atomic E-state index is 0.105. The molecular formula is C23H29N3O2S2. The number of benzene rings is 1. The van der Waals surface area contributed by atoms with Crippen LogP contribution in [0.15, 0.2) is 17.0 Å². The molecule has 1 fully saturated rings. The molecule has 1 saturated heterocycles. The Labute approximate surface area is 186 Å². The second-order valence-corrected chi connectivity index (χ2v) is 11.8. The zero-order chi connectivity index (χ0) is 22.4. The molecule has 0 radical (unpaired) electrons. The third-order valence-corrected chi connectivity index (χ3v) is 7.19. The maximum absolute atomic E-state index is 13.1. The van der Waals surface area contributed by atoms with Crippen LogP contribution in [0.1, 0.15) is 81.1 Å². The summed E-state index contributed by atoms with van der Waals surface area (Å²) in [5.41, 5.74) is 2.06. The van der Waals surface area contributed by atoms with Gasteiger partial charge in [-0.25, -0.2) is 0 Å². The van der Waals surface area contributed by atoms with Crippen LogP contribution in [-0.4, -0.2) is 26.1 Å². The lowest BCUT2D eigenvalue weighted by molar-refractivity contribution is -0.114. The van der Waals surface area contributed by atoms with Crippen LogP contribution in [0.5, 0.6) is 5.75 Å². The summed E-state index contributed by atoms with van der Waals surface area (Å²) < 4.78 is 0. The van der Waals surface area contributed by atoms with E-state index >= 15 is 0 Å². The van der Waals surface area contributed by atoms with Crippen molar-refractivity contribution < 1.29 is 9.90 Å². The molecule has 2 N–H and O–H groups in total. The Hall–Kier alpha value is -1.99. The number of ketones is 1. The number of rotatable bonds is 3. The van der Waals surface area contributed by atoms with Crippen LogP contribution in [0.3, 0.4) is 0 Å². The number of phenols is 1. The number of aromatic hydroxyl groups is 1. The average Bonchev–Trinajstić information content (AvgIpc) is 3.18. The van der Waals surface area contributed by atoms with Gasteiger partial charge in [-0.3, -0.25) is 10.2 Å². The van der Waals surface area contributed by atoms with Crippen LogP contribution in [0.2, 0.25) is 0 Å². The van der Waals surface area contributed by atoms with Crippen molar-refractivity contribution >= 4 is 40.0 Å². The van der Waals surface area contributed by atoms with Gasteiger partial charge in [0.1, 0.15) is 21.7 Å². The van der Waals surface area contributed by atoms with Crippen molar-refractivity contribution in [3.8, 4) is 5.75 Å². The minimum atomic E-state index is -0.652. The van der Waals surface area contributed by atoms with Gasteiger partial charge in [-0.1, -0.05) is 60.2 Å². The van der Waals surface area contributed by atoms with E-state index in [4.69, 9.17) is 5.41 Å². The summed E-state index contributed by atoms with van der Waals surface area (Å²) in [4.78, 5) is 13.6. The van der Waals surface area contributed by atoms with E-state index in [-0.39, 0.29) is 21.7 Å². The highest BCUT2D eigenvalue weighted by Crippen LogP contribution is 2.44. The maximum atomic E-state index is 13.1. The van der Waals surface area contributed by atoms with Crippen LogP contribution in [-0.2, 0) is 22.0 Å². The van der Waals surface area contributed by atoms with Crippen LogP contribution >= 0.6 is 23.1 Å². The lowest BCUT2D eigenvalue weighted by Crippen LogP contribution is -2.17. The maximum Gasteiger partial charge on any atom is 0.186 e. The molecule has 0 unspecified atom stereocenters. The van der Waals surface area contributed by atoms with Crippen molar-refractivity contribution in [1.29, 1.82) is 5.41 Å². The Bertz CT molecular complexity index is 1000. The third kappa shape index (κ3) is 4.37. The minimum Gasteiger partial charge on any atom is -0.507 e. The van der Waals surface area contributed by atoms with Gasteiger partial charge in [0.25, 0.3) is 0 Å². The lowest BCUT2D eigenvalue weighted by atomic mass is 9.78. The first kappa shape index (κ1) is 22.7. The normalized spacial score (nSPS) is 19.2. The van der Waals surface area contributed by atoms with Gasteiger partial charge >= 0.3 is 0 Å². The molecule has 7 heteroatoms. The van der Waals surface area contributed by atoms with Gasteiger partial charge in [-0.2, -0.15) is 0 Å². The van der Waals surface area contributed by atoms with Crippen LogP contribution in [0, 0.1) is 5.41 Å². The largest absolute Gasteiger partial charge is 0.507 e. The Morgan fingerprint density at radius 1 is 1.10 bits per heavy atom. The second-order valence-electron chi connectivity index (χ2n) is 9.62. The molecule has 0 bridgehead atoms. The number of allylic oxidation sites excluding steroid dienone is 1. The van der Waals surface area contributed by atoms with E-state index in [2.05, 4.69) is 51.7 Å². The number of carbonyl (C=O) groups excluding carboxylic acids is 1. The predicted molar refractivity (Wildman–Crippen MR) is 126 cm³/mol. The first-order valence-electron chi connectivity index (χ1n) is 10.1. The van der Waals surface area contributed by atoms with Gasteiger partial charge in [0.15, 0.2) is 5.78 Å². The Kier molecular flexibility index (Phi) is 6.00. The fourth-order valence-electron chi connectivity index (χ4n) is 3.37. The quantitative estimate of drug-likeness (QED) is 0.584. The molecule has 1 atom stereocenters. The van der Waals surface area contributed by atoms with Crippen molar-refractivity contribution in [2.75, 3.05) is 0 Å². The molecule has 3 rings (SSSR count). The Morgan fingerprint density at radius 2 is 1.67 bits per heavy atom. The predicted octanol–water partition coefficient (Wildman–Crippen LogP) is 5.82. The number of carbonyl (C=O) groups is 1. The van der Waals surface area contributed by atoms with Crippen LogP contribution in [0.4, 0.5) is 0 Å². The Balaban J connectivity index is 2.06. The second kappa shape index (κ2) is 7.93. The molecule has 0 saturated carbocycles. The molecule has 30 heavy (non-hydrogen) atoms. The van der Waals surface area contributed by atoms with Crippen molar-refractivity contribution in [3.63, 3.8) is 0 Å². The molecule has 160 valence electrons. The summed E-state index contributed by atoms with van der Waals surface area (Å²) >= 11 is 2.59. The fraction of sp³-hybridized carbons (Fsp3) is 0.478. The first-order chi connectivity index (χ1) is 13.8. The SMILES string of the molecule is CCc1nnc([C@H]2C(=N)S/C(=C\c3cc(C(C)(C)C)c(O)c(C(C)(C)C)c3)C2=O)s1. The number of Topliss-reactive ketones (excluding diaryl/α,β-unsaturated/α-hetero) is 1. The van der Waals surface area contributed by atoms with Gasteiger partial charge in [0.2, 0.25) is 0 Å². The number of hydrogen-bond acceptors (Lipinski definition) is 7. The number of aromatic nitrogens is 2. The highest BCUT2D eigenvalue weighted by Gasteiger charge is 2.39. The van der Waals surface area contributed by atoms with Crippen LogP contribution in [0.25, 0.3) is 6.08 Å². The fourth-order valence-corrected chi connectivity index (χ4v) is 5.33. The van der Waals surface area contributed by atoms with Crippen molar-refractivity contribution in [3.05, 3.63) is 43.7 Å². The summed E-state index contributed by atoms with van der Waals surface area (Å²) in [5, 5.41) is 29.3. The lowest BCUT2D eigenvalue weighted by Gasteiger charge is -2.28. The molecule has 1 aromatic heterocycles. The Morgan fingerprint density at radius 3 is 2.13 bits per heavy atom. The number of aryl methyl sites for hydroxylation is 1. The molecule has 0 spiro atoms. The molecular weight excluding hydrogens is 414 g/mol. The summed E-state index contributed by atoms with van der Waals surface area (Å²) in [5.74, 6) is -0.444.